The maximum Gasteiger partial charge on any atom is 0.246 e. The van der Waals surface area contributed by atoms with E-state index in [9.17, 15) is 43.5 Å². The van der Waals surface area contributed by atoms with Crippen molar-refractivity contribution in [3.8, 4) is 0 Å². The first-order valence-corrected chi connectivity index (χ1v) is 34.8. The van der Waals surface area contributed by atoms with E-state index in [0.717, 1.165) is 34.3 Å². The van der Waals surface area contributed by atoms with Crippen molar-refractivity contribution in [3.63, 3.8) is 0 Å². The van der Waals surface area contributed by atoms with Crippen LogP contribution in [-0.2, 0) is 67.0 Å². The van der Waals surface area contributed by atoms with E-state index in [0.29, 0.717) is 26.2 Å². The molecule has 2 heterocycles. The third-order valence-electron chi connectivity index (χ3n) is 18.2. The largest absolute Gasteiger partial charge is 0.390 e. The zero-order valence-electron chi connectivity index (χ0n) is 62.8. The molecule has 11 amide bonds. The number of hydrogen-bond donors (Lipinski definition) is 5. The van der Waals surface area contributed by atoms with Crippen molar-refractivity contribution < 1.29 is 72.1 Å². The Balaban J connectivity index is 2.94. The van der Waals surface area contributed by atoms with Gasteiger partial charge in [-0.15, -0.1) is 0 Å². The molecule has 0 aromatic carbocycles. The van der Waals surface area contributed by atoms with E-state index in [1.54, 1.807) is 79.7 Å². The molecule has 0 aromatic rings. The lowest BCUT2D eigenvalue weighted by Crippen LogP contribution is -2.63. The lowest BCUT2D eigenvalue weighted by Gasteiger charge is -2.41. The standard InChI is InChI=1S/C70H124N12O15/c1-24-26-29-47(13)60(84)59-64(88)73-51(25-2)66(90)75(17)41-55(83)79(21)58(50(16)97-34-28-27-33-95-35-30-82-31-36-96-37-32-82)63(87)74-56(45(9)10)69(93)76(18)52(38-42(3)4)62(86)71-48(14)61(85)72-49(15)65(89)77(19)53(39-43(5)6)67(91)78(20)54(40-44(7)8)68(92)80(22)57(46(11)12)70(94)81(59)23/h24,26-28,42-54,56-60,84H,25,29-41H2,1-23H3,(H,71,86)(H,72,85)(H,73,88)(H,74,87)/b26-24+,28-27+/t47-,48+,49-,50-,51+,52+,53+,54+,56+,57+,58+,59+,60-/m1/s1. The van der Waals surface area contributed by atoms with Crippen LogP contribution in [0.4, 0.5) is 0 Å². The topological polar surface area (TPSA) is 310 Å². The van der Waals surface area contributed by atoms with Crippen molar-refractivity contribution in [2.24, 2.45) is 35.5 Å². The van der Waals surface area contributed by atoms with Crippen LogP contribution in [0.1, 0.15) is 143 Å². The molecule has 0 radical (unpaired) electrons. The second kappa shape index (κ2) is 41.8. The minimum Gasteiger partial charge on any atom is -0.390 e. The number of aliphatic hydroxyl groups is 1. The number of hydrogen-bond acceptors (Lipinski definition) is 16. The number of ether oxygens (including phenoxy) is 3. The van der Waals surface area contributed by atoms with E-state index in [4.69, 9.17) is 14.2 Å². The van der Waals surface area contributed by atoms with Gasteiger partial charge in [0, 0.05) is 69.0 Å². The molecule has 97 heavy (non-hydrogen) atoms. The molecule has 0 saturated carbocycles. The highest BCUT2D eigenvalue weighted by atomic mass is 16.5. The molecular formula is C70H124N12O15. The minimum atomic E-state index is -1.64. The summed E-state index contributed by atoms with van der Waals surface area (Å²) < 4.78 is 17.5. The van der Waals surface area contributed by atoms with Gasteiger partial charge in [0.05, 0.1) is 51.8 Å². The van der Waals surface area contributed by atoms with Crippen molar-refractivity contribution in [2.75, 3.05) is 109 Å². The van der Waals surface area contributed by atoms with Gasteiger partial charge in [-0.05, 0) is 95.3 Å². The summed E-state index contributed by atoms with van der Waals surface area (Å²) in [6.07, 6.45) is 5.15. The quantitative estimate of drug-likeness (QED) is 0.0768. The van der Waals surface area contributed by atoms with Crippen LogP contribution in [0.3, 0.4) is 0 Å². The second-order valence-electron chi connectivity index (χ2n) is 28.4. The molecule has 27 heteroatoms. The van der Waals surface area contributed by atoms with Crippen LogP contribution >= 0.6 is 0 Å². The Morgan fingerprint density at radius 3 is 1.55 bits per heavy atom. The molecule has 0 bridgehead atoms. The van der Waals surface area contributed by atoms with Gasteiger partial charge in [-0.3, -0.25) is 57.6 Å². The average molecular weight is 1370 g/mol. The van der Waals surface area contributed by atoms with Crippen molar-refractivity contribution in [1.29, 1.82) is 0 Å². The van der Waals surface area contributed by atoms with E-state index in [1.165, 1.54) is 82.8 Å². The highest BCUT2D eigenvalue weighted by Gasteiger charge is 2.46. The molecule has 27 nitrogen and oxygen atoms in total. The van der Waals surface area contributed by atoms with Crippen LogP contribution in [0, 0.1) is 35.5 Å². The number of nitrogens with zero attached hydrogens (tertiary/aromatic N) is 8. The summed E-state index contributed by atoms with van der Waals surface area (Å²) in [5.74, 6) is -10.2. The number of carbonyl (C=O) groups is 11. The molecule has 2 rings (SSSR count). The number of carbonyl (C=O) groups excluding carboxylic acids is 11. The van der Waals surface area contributed by atoms with Crippen LogP contribution < -0.4 is 21.3 Å². The molecule has 554 valence electrons. The van der Waals surface area contributed by atoms with Crippen molar-refractivity contribution in [1.82, 2.24) is 60.5 Å². The van der Waals surface area contributed by atoms with Gasteiger partial charge >= 0.3 is 0 Å². The molecule has 0 unspecified atom stereocenters. The first-order chi connectivity index (χ1) is 45.3. The molecule has 13 atom stereocenters. The first kappa shape index (κ1) is 86.5. The maximum absolute atomic E-state index is 15.3. The molecule has 2 fully saturated rings. The SMILES string of the molecule is C/C=C/C[C@@H](C)[C@@H](O)[C@H]1C(=O)N[C@@H](CC)C(=O)N(C)CC(=O)N(C)[C@@H]([C@@H](C)OC/C=C/COCCN2CCOCC2)C(=O)N[C@@H](C(C)C)C(=O)N(C)[C@@H](CC(C)C)C(=O)N[C@@H](C)C(=O)N[C@H](C)C(=O)N(C)[C@@H](CC(C)C)C(=O)N(C)[C@@H](CC(C)C)C(=O)N(C)[C@@H](C(C)C)C(=O)N1C. The number of allylic oxidation sites excluding steroid dienone is 2. The zero-order valence-corrected chi connectivity index (χ0v) is 62.8. The van der Waals surface area contributed by atoms with E-state index in [1.807, 2.05) is 41.5 Å². The predicted molar refractivity (Wildman–Crippen MR) is 372 cm³/mol. The summed E-state index contributed by atoms with van der Waals surface area (Å²) in [7, 11) is 9.80. The summed E-state index contributed by atoms with van der Waals surface area (Å²) in [4.78, 5) is 173. The smallest absolute Gasteiger partial charge is 0.246 e. The summed E-state index contributed by atoms with van der Waals surface area (Å²) in [5.41, 5.74) is 0. The molecule has 0 aliphatic carbocycles. The Labute approximate surface area is 579 Å². The van der Waals surface area contributed by atoms with Crippen LogP contribution in [-0.4, -0.2) is 290 Å². The lowest BCUT2D eigenvalue weighted by atomic mass is 9.91. The fraction of sp³-hybridized carbons (Fsp3) is 0.786. The van der Waals surface area contributed by atoms with E-state index < -0.39 is 162 Å². The van der Waals surface area contributed by atoms with Crippen molar-refractivity contribution >= 4 is 65.0 Å². The third kappa shape index (κ3) is 25.9. The van der Waals surface area contributed by atoms with Gasteiger partial charge in [-0.25, -0.2) is 0 Å². The monoisotopic (exact) mass is 1370 g/mol. The third-order valence-corrected chi connectivity index (χ3v) is 18.2. The van der Waals surface area contributed by atoms with Crippen molar-refractivity contribution in [3.05, 3.63) is 24.3 Å². The highest BCUT2D eigenvalue weighted by Crippen LogP contribution is 2.26. The van der Waals surface area contributed by atoms with Crippen LogP contribution in [0.5, 0.6) is 0 Å². The Kier molecular flexibility index (Phi) is 37.3. The molecular weight excluding hydrogens is 1250 g/mol. The van der Waals surface area contributed by atoms with Crippen molar-refractivity contribution in [2.45, 2.75) is 216 Å². The lowest BCUT2D eigenvalue weighted by molar-refractivity contribution is -0.157. The fourth-order valence-electron chi connectivity index (χ4n) is 12.1. The Morgan fingerprint density at radius 2 is 1.02 bits per heavy atom. The van der Waals surface area contributed by atoms with Crippen LogP contribution in [0.2, 0.25) is 0 Å². The van der Waals surface area contributed by atoms with Gasteiger partial charge in [0.15, 0.2) is 0 Å². The van der Waals surface area contributed by atoms with Gasteiger partial charge < -0.3 is 74.9 Å². The predicted octanol–water partition coefficient (Wildman–Crippen LogP) is 2.53. The number of rotatable bonds is 22. The van der Waals surface area contributed by atoms with Gasteiger partial charge in [-0.2, -0.15) is 0 Å². The molecule has 2 saturated heterocycles. The maximum atomic E-state index is 15.3. The first-order valence-electron chi connectivity index (χ1n) is 34.8. The summed E-state index contributed by atoms with van der Waals surface area (Å²) in [6.45, 7) is 31.5. The van der Waals surface area contributed by atoms with E-state index >= 15 is 14.4 Å². The van der Waals surface area contributed by atoms with E-state index in [-0.39, 0.29) is 56.7 Å². The highest BCUT2D eigenvalue weighted by molar-refractivity contribution is 5.99. The number of nitrogens with one attached hydrogen (secondary N) is 4. The van der Waals surface area contributed by atoms with Crippen LogP contribution in [0.15, 0.2) is 24.3 Å². The van der Waals surface area contributed by atoms with Gasteiger partial charge in [0.2, 0.25) is 65.0 Å². The number of amides is 11. The molecule has 5 N–H and O–H groups in total. The Morgan fingerprint density at radius 1 is 0.526 bits per heavy atom. The Hall–Kier alpha value is -6.55. The summed E-state index contributed by atoms with van der Waals surface area (Å²) >= 11 is 0. The number of likely N-dealkylation sites (N-methyl/N-ethyl adjacent to an activating group) is 7. The van der Waals surface area contributed by atoms with Gasteiger partial charge in [0.1, 0.15) is 60.4 Å². The summed E-state index contributed by atoms with van der Waals surface area (Å²) in [5, 5.41) is 23.2. The normalized spacial score (nSPS) is 26.6. The molecule has 2 aliphatic rings. The van der Waals surface area contributed by atoms with Gasteiger partial charge in [-0.1, -0.05) is 107 Å². The average Bonchev–Trinajstić information content (AvgIpc) is 0.808. The van der Waals surface area contributed by atoms with E-state index in [2.05, 4.69) is 26.2 Å². The minimum absolute atomic E-state index is 0.0149. The molecule has 0 aromatic heterocycles. The van der Waals surface area contributed by atoms with Gasteiger partial charge in [0.25, 0.3) is 0 Å². The number of morpholine rings is 1. The summed E-state index contributed by atoms with van der Waals surface area (Å²) in [6, 6.07) is -13.0. The fourth-order valence-corrected chi connectivity index (χ4v) is 12.1. The molecule has 0 spiro atoms. The number of aliphatic hydroxyl groups excluding tert-OH is 1. The zero-order chi connectivity index (χ0) is 74.0. The molecule has 2 aliphatic heterocycles. The Bertz CT molecular complexity index is 2650. The van der Waals surface area contributed by atoms with Crippen LogP contribution in [0.25, 0.3) is 0 Å². The second-order valence-corrected chi connectivity index (χ2v) is 28.4.